The van der Waals surface area contributed by atoms with Crippen molar-refractivity contribution in [3.8, 4) is 0 Å². The molecule has 0 spiro atoms. The fourth-order valence-electron chi connectivity index (χ4n) is 3.99. The first-order chi connectivity index (χ1) is 18.9. The first-order valence-corrected chi connectivity index (χ1v) is 15.5. The minimum atomic E-state index is -4.11. The number of carbonyl (C=O) groups excluding carboxylic acids is 1. The first kappa shape index (κ1) is 29.1. The molecule has 0 saturated carbocycles. The van der Waals surface area contributed by atoms with Gasteiger partial charge in [-0.2, -0.15) is 0 Å². The molecule has 0 radical (unpaired) electrons. The van der Waals surface area contributed by atoms with Gasteiger partial charge in [0.05, 0.1) is 21.2 Å². The molecule has 0 saturated heterocycles. The number of aryl methyl sites for hydroxylation is 3. The van der Waals surface area contributed by atoms with Gasteiger partial charge >= 0.3 is 0 Å². The molecule has 0 atom stereocenters. The number of sulfonamides is 2. The van der Waals surface area contributed by atoms with Gasteiger partial charge in [-0.1, -0.05) is 54.1 Å². The van der Waals surface area contributed by atoms with Gasteiger partial charge in [-0.25, -0.2) is 16.8 Å². The van der Waals surface area contributed by atoms with Crippen LogP contribution in [0.4, 0.5) is 17.1 Å². The number of carbonyl (C=O) groups is 1. The topological polar surface area (TPSA) is 113 Å². The van der Waals surface area contributed by atoms with Crippen molar-refractivity contribution in [1.29, 1.82) is 0 Å². The van der Waals surface area contributed by atoms with E-state index in [1.54, 1.807) is 37.3 Å². The van der Waals surface area contributed by atoms with Crippen molar-refractivity contribution >= 4 is 54.6 Å². The molecule has 4 aromatic rings. The molecule has 0 unspecified atom stereocenters. The second-order valence-electron chi connectivity index (χ2n) is 9.20. The predicted molar refractivity (Wildman–Crippen MR) is 159 cm³/mol. The van der Waals surface area contributed by atoms with E-state index >= 15 is 0 Å². The van der Waals surface area contributed by atoms with Crippen LogP contribution < -0.4 is 14.3 Å². The zero-order valence-corrected chi connectivity index (χ0v) is 24.4. The molecule has 0 fully saturated rings. The molecular formula is C29H28ClN3O5S2. The average molecular weight is 598 g/mol. The Kier molecular flexibility index (Phi) is 8.53. The van der Waals surface area contributed by atoms with Gasteiger partial charge in [0.2, 0.25) is 5.91 Å². The number of halogens is 1. The molecule has 11 heteroatoms. The monoisotopic (exact) mass is 597 g/mol. The van der Waals surface area contributed by atoms with Crippen LogP contribution in [0, 0.1) is 20.8 Å². The van der Waals surface area contributed by atoms with Crippen molar-refractivity contribution in [2.45, 2.75) is 30.6 Å². The molecule has 0 aliphatic rings. The smallest absolute Gasteiger partial charge is 0.264 e. The largest absolute Gasteiger partial charge is 0.325 e. The molecule has 1 amide bonds. The number of amides is 1. The lowest BCUT2D eigenvalue weighted by molar-refractivity contribution is -0.114. The molecular weight excluding hydrogens is 570 g/mol. The Bertz CT molecular complexity index is 1740. The van der Waals surface area contributed by atoms with Crippen molar-refractivity contribution in [3.05, 3.63) is 113 Å². The summed E-state index contributed by atoms with van der Waals surface area (Å²) < 4.78 is 56.5. The summed E-state index contributed by atoms with van der Waals surface area (Å²) in [6, 6.07) is 23.6. The Morgan fingerprint density at radius 1 is 0.750 bits per heavy atom. The van der Waals surface area contributed by atoms with Crippen LogP contribution in [-0.4, -0.2) is 29.3 Å². The number of benzene rings is 4. The number of hydrogen-bond donors (Lipinski definition) is 2. The molecule has 0 aromatic heterocycles. The van der Waals surface area contributed by atoms with Crippen molar-refractivity contribution < 1.29 is 21.6 Å². The first-order valence-electron chi connectivity index (χ1n) is 12.2. The van der Waals surface area contributed by atoms with Gasteiger partial charge in [0, 0.05) is 10.7 Å². The van der Waals surface area contributed by atoms with Gasteiger partial charge in [-0.05, 0) is 86.0 Å². The molecule has 8 nitrogen and oxygen atoms in total. The Morgan fingerprint density at radius 3 is 1.98 bits per heavy atom. The van der Waals surface area contributed by atoms with Gasteiger partial charge in [0.1, 0.15) is 6.54 Å². The maximum atomic E-state index is 13.5. The Morgan fingerprint density at radius 2 is 1.38 bits per heavy atom. The summed E-state index contributed by atoms with van der Waals surface area (Å²) in [5.41, 5.74) is 3.38. The second-order valence-corrected chi connectivity index (χ2v) is 13.2. The molecule has 4 aromatic carbocycles. The standard InChI is InChI=1S/C29H28ClN3O5S2/c1-20-12-15-24(18-27(20)30)33(40(37,38)26-10-5-4-6-11-26)19-28(34)31-23-13-16-25(17-14-23)39(35,36)32-29-21(2)8-7-9-22(29)3/h4-18,32H,19H2,1-3H3,(H,31,34). The van der Waals surface area contributed by atoms with Crippen molar-refractivity contribution in [2.24, 2.45) is 0 Å². The normalized spacial score (nSPS) is 11.6. The predicted octanol–water partition coefficient (Wildman–Crippen LogP) is 5.90. The Hall–Kier alpha value is -3.86. The van der Waals surface area contributed by atoms with Crippen molar-refractivity contribution in [3.63, 3.8) is 0 Å². The second kappa shape index (κ2) is 11.7. The highest BCUT2D eigenvalue weighted by atomic mass is 35.5. The van der Waals surface area contributed by atoms with E-state index in [1.165, 1.54) is 42.5 Å². The van der Waals surface area contributed by atoms with Crippen LogP contribution >= 0.6 is 11.6 Å². The lowest BCUT2D eigenvalue weighted by Gasteiger charge is -2.24. The van der Waals surface area contributed by atoms with E-state index < -0.39 is 32.5 Å². The number of anilines is 3. The van der Waals surface area contributed by atoms with Crippen LogP contribution in [0.3, 0.4) is 0 Å². The molecule has 0 heterocycles. The third kappa shape index (κ3) is 6.47. The number of rotatable bonds is 9. The molecule has 0 aliphatic heterocycles. The molecule has 208 valence electrons. The fraction of sp³-hybridized carbons (Fsp3) is 0.138. The number of nitrogens with zero attached hydrogens (tertiary/aromatic N) is 1. The van der Waals surface area contributed by atoms with E-state index in [0.717, 1.165) is 21.0 Å². The van der Waals surface area contributed by atoms with Crippen LogP contribution in [-0.2, 0) is 24.8 Å². The third-order valence-electron chi connectivity index (χ3n) is 6.23. The third-order valence-corrected chi connectivity index (χ3v) is 9.79. The zero-order chi connectivity index (χ0) is 29.1. The van der Waals surface area contributed by atoms with Gasteiger partial charge in [0.25, 0.3) is 20.0 Å². The highest BCUT2D eigenvalue weighted by Crippen LogP contribution is 2.28. The summed E-state index contributed by atoms with van der Waals surface area (Å²) in [6.07, 6.45) is 0. The summed E-state index contributed by atoms with van der Waals surface area (Å²) in [5, 5.41) is 3.00. The molecule has 40 heavy (non-hydrogen) atoms. The molecule has 2 N–H and O–H groups in total. The lowest BCUT2D eigenvalue weighted by atomic mass is 10.1. The Balaban J connectivity index is 1.55. The van der Waals surface area contributed by atoms with Gasteiger partial charge in [0.15, 0.2) is 0 Å². The van der Waals surface area contributed by atoms with E-state index in [-0.39, 0.29) is 15.5 Å². The summed E-state index contributed by atoms with van der Waals surface area (Å²) in [7, 11) is -7.99. The molecule has 4 rings (SSSR count). The van der Waals surface area contributed by atoms with E-state index in [2.05, 4.69) is 10.0 Å². The summed E-state index contributed by atoms with van der Waals surface area (Å²) in [5.74, 6) is -0.625. The minimum absolute atomic E-state index is 0.00994. The van der Waals surface area contributed by atoms with Gasteiger partial charge < -0.3 is 5.32 Å². The quantitative estimate of drug-likeness (QED) is 0.249. The maximum Gasteiger partial charge on any atom is 0.264 e. The van der Waals surface area contributed by atoms with E-state index in [1.807, 2.05) is 32.0 Å². The van der Waals surface area contributed by atoms with Crippen molar-refractivity contribution in [1.82, 2.24) is 0 Å². The highest BCUT2D eigenvalue weighted by Gasteiger charge is 2.27. The SMILES string of the molecule is Cc1ccc(N(CC(=O)Nc2ccc(S(=O)(=O)Nc3c(C)cccc3C)cc2)S(=O)(=O)c2ccccc2)cc1Cl. The lowest BCUT2D eigenvalue weighted by Crippen LogP contribution is -2.38. The Labute approximate surface area is 239 Å². The molecule has 0 aliphatic carbocycles. The van der Waals surface area contributed by atoms with E-state index in [4.69, 9.17) is 11.6 Å². The summed E-state index contributed by atoms with van der Waals surface area (Å²) >= 11 is 6.26. The molecule has 0 bridgehead atoms. The van der Waals surface area contributed by atoms with Crippen LogP contribution in [0.1, 0.15) is 16.7 Å². The number of para-hydroxylation sites is 1. The summed E-state index contributed by atoms with van der Waals surface area (Å²) in [6.45, 7) is 4.88. The van der Waals surface area contributed by atoms with Crippen LogP contribution in [0.5, 0.6) is 0 Å². The summed E-state index contributed by atoms with van der Waals surface area (Å²) in [4.78, 5) is 13.1. The fourth-order valence-corrected chi connectivity index (χ4v) is 6.80. The van der Waals surface area contributed by atoms with E-state index in [0.29, 0.717) is 16.4 Å². The van der Waals surface area contributed by atoms with Gasteiger partial charge in [-0.3, -0.25) is 13.8 Å². The minimum Gasteiger partial charge on any atom is -0.325 e. The average Bonchev–Trinajstić information content (AvgIpc) is 2.92. The zero-order valence-electron chi connectivity index (χ0n) is 22.1. The van der Waals surface area contributed by atoms with Gasteiger partial charge in [-0.15, -0.1) is 0 Å². The van der Waals surface area contributed by atoms with Crippen LogP contribution in [0.15, 0.2) is 101 Å². The highest BCUT2D eigenvalue weighted by molar-refractivity contribution is 7.93. The van der Waals surface area contributed by atoms with Crippen molar-refractivity contribution in [2.75, 3.05) is 20.9 Å². The van der Waals surface area contributed by atoms with E-state index in [9.17, 15) is 21.6 Å². The van der Waals surface area contributed by atoms with Crippen LogP contribution in [0.2, 0.25) is 5.02 Å². The number of hydrogen-bond acceptors (Lipinski definition) is 5. The maximum absolute atomic E-state index is 13.5. The van der Waals surface area contributed by atoms with Crippen LogP contribution in [0.25, 0.3) is 0 Å². The number of nitrogens with one attached hydrogen (secondary N) is 2.